The van der Waals surface area contributed by atoms with Crippen molar-refractivity contribution in [1.29, 1.82) is 0 Å². The number of carbonyl (C=O) groups excluding carboxylic acids is 1. The van der Waals surface area contributed by atoms with E-state index >= 15 is 0 Å². The van der Waals surface area contributed by atoms with E-state index in [2.05, 4.69) is 20.8 Å². The first kappa shape index (κ1) is 24.4. The fourth-order valence-corrected chi connectivity index (χ4v) is 8.57. The van der Waals surface area contributed by atoms with E-state index in [1.54, 1.807) is 0 Å². The van der Waals surface area contributed by atoms with Crippen LogP contribution in [0.3, 0.4) is 0 Å². The first-order chi connectivity index (χ1) is 12.8. The van der Waals surface area contributed by atoms with Crippen molar-refractivity contribution in [2.75, 3.05) is 0 Å². The van der Waals surface area contributed by atoms with E-state index in [1.807, 2.05) is 0 Å². The van der Waals surface area contributed by atoms with Gasteiger partial charge in [0.2, 0.25) is 0 Å². The summed E-state index contributed by atoms with van der Waals surface area (Å²) < 4.78 is 0. The molecule has 3 nitrogen and oxygen atoms in total. The lowest BCUT2D eigenvalue weighted by atomic mass is 9.44. The van der Waals surface area contributed by atoms with Gasteiger partial charge in [0.15, 0.2) is 0 Å². The predicted molar refractivity (Wildman–Crippen MR) is 120 cm³/mol. The summed E-state index contributed by atoms with van der Waals surface area (Å²) in [4.78, 5) is 23.1. The SMILES string of the molecule is C.C.C[C@H](CCC(=O)O)[C@H]1CC[C@H]2[C@@H]3CC[C@@H]4CC(=O)CC[C@]4(C)[C@H]3CC[C@]12C. The molecule has 8 atom stereocenters. The van der Waals surface area contributed by atoms with Crippen molar-refractivity contribution >= 4 is 11.8 Å². The molecule has 168 valence electrons. The summed E-state index contributed by atoms with van der Waals surface area (Å²) in [6.45, 7) is 7.37. The molecule has 0 aromatic carbocycles. The first-order valence-electron chi connectivity index (χ1n) is 11.5. The zero-order valence-corrected chi connectivity index (χ0v) is 17.5. The van der Waals surface area contributed by atoms with Crippen molar-refractivity contribution in [2.24, 2.45) is 46.3 Å². The van der Waals surface area contributed by atoms with E-state index < -0.39 is 5.97 Å². The molecule has 0 spiro atoms. The highest BCUT2D eigenvalue weighted by atomic mass is 16.4. The highest BCUT2D eigenvalue weighted by Gasteiger charge is 2.60. The average Bonchev–Trinajstić information content (AvgIpc) is 2.97. The van der Waals surface area contributed by atoms with E-state index in [9.17, 15) is 9.59 Å². The Morgan fingerprint density at radius 1 is 1.03 bits per heavy atom. The number of ketones is 1. The number of carbonyl (C=O) groups is 2. The summed E-state index contributed by atoms with van der Waals surface area (Å²) in [5.41, 5.74) is 0.804. The molecule has 3 heteroatoms. The minimum absolute atomic E-state index is 0. The van der Waals surface area contributed by atoms with E-state index in [-0.39, 0.29) is 14.9 Å². The summed E-state index contributed by atoms with van der Waals surface area (Å²) in [6, 6.07) is 0. The summed E-state index contributed by atoms with van der Waals surface area (Å²) in [5, 5.41) is 9.09. The fourth-order valence-electron chi connectivity index (χ4n) is 8.57. The fraction of sp³-hybridized carbons (Fsp3) is 0.923. The van der Waals surface area contributed by atoms with Gasteiger partial charge in [-0.15, -0.1) is 0 Å². The molecule has 4 aliphatic carbocycles. The third-order valence-corrected chi connectivity index (χ3v) is 10.1. The molecular formula is C26H46O3. The molecule has 4 saturated carbocycles. The molecule has 29 heavy (non-hydrogen) atoms. The monoisotopic (exact) mass is 406 g/mol. The van der Waals surface area contributed by atoms with Gasteiger partial charge in [0, 0.05) is 19.3 Å². The lowest BCUT2D eigenvalue weighted by Gasteiger charge is -2.60. The molecule has 0 amide bonds. The van der Waals surface area contributed by atoms with Gasteiger partial charge in [-0.3, -0.25) is 9.59 Å². The Labute approximate surface area is 179 Å². The van der Waals surface area contributed by atoms with E-state index in [1.165, 1.54) is 38.5 Å². The van der Waals surface area contributed by atoms with Crippen LogP contribution < -0.4 is 0 Å². The minimum Gasteiger partial charge on any atom is -0.481 e. The smallest absolute Gasteiger partial charge is 0.303 e. The van der Waals surface area contributed by atoms with E-state index in [0.29, 0.717) is 40.8 Å². The zero-order valence-electron chi connectivity index (χ0n) is 17.5. The number of fused-ring (bicyclic) bond motifs is 5. The Morgan fingerprint density at radius 2 is 1.72 bits per heavy atom. The molecular weight excluding hydrogens is 360 g/mol. The number of aliphatic carboxylic acids is 1. The number of carboxylic acid groups (broad SMARTS) is 1. The Bertz CT molecular complexity index is 613. The van der Waals surface area contributed by atoms with Gasteiger partial charge in [-0.05, 0) is 97.7 Å². The topological polar surface area (TPSA) is 54.4 Å². The van der Waals surface area contributed by atoms with Gasteiger partial charge in [0.25, 0.3) is 0 Å². The Hall–Kier alpha value is -0.860. The normalized spacial score (nSPS) is 44.4. The number of Topliss-reactive ketones (excluding diaryl/α,β-unsaturated/α-hetero) is 1. The predicted octanol–water partition coefficient (Wildman–Crippen LogP) is 6.99. The summed E-state index contributed by atoms with van der Waals surface area (Å²) >= 11 is 0. The summed E-state index contributed by atoms with van der Waals surface area (Å²) in [5.74, 6) is 4.19. The molecule has 4 rings (SSSR count). The van der Waals surface area contributed by atoms with Crippen LogP contribution in [0.1, 0.15) is 106 Å². The van der Waals surface area contributed by atoms with Gasteiger partial charge in [0.1, 0.15) is 5.78 Å². The van der Waals surface area contributed by atoms with Crippen LogP contribution in [0.4, 0.5) is 0 Å². The van der Waals surface area contributed by atoms with Gasteiger partial charge in [0.05, 0.1) is 0 Å². The number of hydrogen-bond donors (Lipinski definition) is 1. The maximum absolute atomic E-state index is 12.0. The zero-order chi connectivity index (χ0) is 19.4. The van der Waals surface area contributed by atoms with Crippen LogP contribution in [-0.4, -0.2) is 16.9 Å². The second-order valence-electron chi connectivity index (χ2n) is 11.0. The molecule has 0 aromatic rings. The number of rotatable bonds is 4. The van der Waals surface area contributed by atoms with Crippen molar-refractivity contribution in [3.8, 4) is 0 Å². The standard InChI is InChI=1S/C24H38O3.2CH4/c1-15(4-9-22(26)27)19-7-8-20-18-6-5-16-14-17(25)10-12-23(16,2)21(18)11-13-24(19,20)3;;/h15-16,18-21H,4-14H2,1-3H3,(H,26,27);2*1H4/t15-,16-,18+,19-,20+,21+,23+,24-;;/m1../s1. The van der Waals surface area contributed by atoms with Crippen LogP contribution in [0.2, 0.25) is 0 Å². The molecule has 0 saturated heterocycles. The van der Waals surface area contributed by atoms with Crippen molar-refractivity contribution < 1.29 is 14.7 Å². The van der Waals surface area contributed by atoms with E-state index in [4.69, 9.17) is 5.11 Å². The van der Waals surface area contributed by atoms with Gasteiger partial charge >= 0.3 is 5.97 Å². The number of carboxylic acids is 1. The molecule has 4 fully saturated rings. The highest BCUT2D eigenvalue weighted by Crippen LogP contribution is 2.68. The maximum Gasteiger partial charge on any atom is 0.303 e. The molecule has 0 radical (unpaired) electrons. The second-order valence-corrected chi connectivity index (χ2v) is 11.0. The third kappa shape index (κ3) is 3.92. The van der Waals surface area contributed by atoms with Crippen molar-refractivity contribution in [2.45, 2.75) is 106 Å². The molecule has 1 N–H and O–H groups in total. The van der Waals surface area contributed by atoms with Crippen LogP contribution in [0.25, 0.3) is 0 Å². The van der Waals surface area contributed by atoms with Gasteiger partial charge in [-0.2, -0.15) is 0 Å². The first-order valence-corrected chi connectivity index (χ1v) is 11.5. The number of hydrogen-bond acceptors (Lipinski definition) is 2. The Morgan fingerprint density at radius 3 is 2.41 bits per heavy atom. The van der Waals surface area contributed by atoms with Crippen LogP contribution in [0.5, 0.6) is 0 Å². The van der Waals surface area contributed by atoms with Crippen LogP contribution in [-0.2, 0) is 9.59 Å². The van der Waals surface area contributed by atoms with Crippen molar-refractivity contribution in [3.63, 3.8) is 0 Å². The lowest BCUT2D eigenvalue weighted by molar-refractivity contribution is -0.140. The van der Waals surface area contributed by atoms with Crippen molar-refractivity contribution in [1.82, 2.24) is 0 Å². The summed E-state index contributed by atoms with van der Waals surface area (Å²) in [6.07, 6.45) is 11.8. The quantitative estimate of drug-likeness (QED) is 0.547. The second kappa shape index (κ2) is 8.71. The Balaban J connectivity index is 0.00000150. The molecule has 0 unspecified atom stereocenters. The largest absolute Gasteiger partial charge is 0.481 e. The third-order valence-electron chi connectivity index (χ3n) is 10.1. The molecule has 0 aromatic heterocycles. The maximum atomic E-state index is 12.0. The van der Waals surface area contributed by atoms with Crippen LogP contribution in [0, 0.1) is 46.3 Å². The Kier molecular flexibility index (Phi) is 7.33. The van der Waals surface area contributed by atoms with Crippen LogP contribution in [0.15, 0.2) is 0 Å². The molecule has 4 aliphatic rings. The van der Waals surface area contributed by atoms with E-state index in [0.717, 1.165) is 43.4 Å². The molecule has 0 aliphatic heterocycles. The van der Waals surface area contributed by atoms with Crippen molar-refractivity contribution in [3.05, 3.63) is 0 Å². The van der Waals surface area contributed by atoms with Crippen LogP contribution >= 0.6 is 0 Å². The van der Waals surface area contributed by atoms with Gasteiger partial charge < -0.3 is 5.11 Å². The highest BCUT2D eigenvalue weighted by molar-refractivity contribution is 5.79. The van der Waals surface area contributed by atoms with Gasteiger partial charge in [-0.25, -0.2) is 0 Å². The summed E-state index contributed by atoms with van der Waals surface area (Å²) in [7, 11) is 0. The molecule has 0 bridgehead atoms. The van der Waals surface area contributed by atoms with Gasteiger partial charge in [-0.1, -0.05) is 35.6 Å². The lowest BCUT2D eigenvalue weighted by Crippen LogP contribution is -2.53. The minimum atomic E-state index is -0.650. The molecule has 0 heterocycles. The average molecular weight is 407 g/mol.